The number of rotatable bonds is 5. The van der Waals surface area contributed by atoms with E-state index in [1.807, 2.05) is 26.0 Å². The first-order valence-electron chi connectivity index (χ1n) is 6.83. The number of halogens is 2. The van der Waals surface area contributed by atoms with Crippen molar-refractivity contribution in [3.8, 4) is 5.75 Å². The Hall–Kier alpha value is -1.58. The zero-order chi connectivity index (χ0) is 15.4. The van der Waals surface area contributed by atoms with Gasteiger partial charge in [0.25, 0.3) is 0 Å². The molecule has 0 aliphatic rings. The number of ether oxygens (including phenoxy) is 1. The number of nitrogens with one attached hydrogen (secondary N) is 1. The molecule has 0 saturated carbocycles. The summed E-state index contributed by atoms with van der Waals surface area (Å²) in [6.07, 6.45) is 0. The molecule has 0 fully saturated rings. The average Bonchev–Trinajstić information content (AvgIpc) is 2.46. The third kappa shape index (κ3) is 3.74. The number of hydrogen-bond donors (Lipinski definition) is 1. The molecule has 0 bridgehead atoms. The van der Waals surface area contributed by atoms with Gasteiger partial charge in [-0.2, -0.15) is 0 Å². The van der Waals surface area contributed by atoms with Crippen LogP contribution in [0.3, 0.4) is 0 Å². The maximum atomic E-state index is 13.8. The lowest BCUT2D eigenvalue weighted by molar-refractivity contribution is 0.401. The van der Waals surface area contributed by atoms with E-state index in [1.165, 1.54) is 6.07 Å². The van der Waals surface area contributed by atoms with E-state index in [4.69, 9.17) is 16.3 Å². The second-order valence-electron chi connectivity index (χ2n) is 5.05. The van der Waals surface area contributed by atoms with Gasteiger partial charge in [-0.3, -0.25) is 0 Å². The van der Waals surface area contributed by atoms with Crippen LogP contribution in [0.5, 0.6) is 5.75 Å². The monoisotopic (exact) mass is 307 g/mol. The molecule has 0 aliphatic heterocycles. The molecule has 1 atom stereocenters. The minimum atomic E-state index is -0.293. The minimum Gasteiger partial charge on any atom is -0.496 e. The summed E-state index contributed by atoms with van der Waals surface area (Å²) in [4.78, 5) is 0. The lowest BCUT2D eigenvalue weighted by Gasteiger charge is -2.18. The van der Waals surface area contributed by atoms with Gasteiger partial charge in [0.2, 0.25) is 0 Å². The molecule has 2 nitrogen and oxygen atoms in total. The van der Waals surface area contributed by atoms with E-state index in [0.29, 0.717) is 17.1 Å². The molecule has 1 N–H and O–H groups in total. The van der Waals surface area contributed by atoms with Gasteiger partial charge >= 0.3 is 0 Å². The second kappa shape index (κ2) is 6.92. The van der Waals surface area contributed by atoms with Crippen molar-refractivity contribution in [2.75, 3.05) is 7.11 Å². The van der Waals surface area contributed by atoms with Gasteiger partial charge in [-0.25, -0.2) is 4.39 Å². The maximum absolute atomic E-state index is 13.8. The zero-order valence-corrected chi connectivity index (χ0v) is 13.2. The van der Waals surface area contributed by atoms with E-state index in [9.17, 15) is 4.39 Å². The highest BCUT2D eigenvalue weighted by atomic mass is 35.5. The normalized spacial score (nSPS) is 12.2. The number of methoxy groups -OCH3 is 1. The van der Waals surface area contributed by atoms with E-state index >= 15 is 0 Å². The molecular formula is C17H19ClFNO. The van der Waals surface area contributed by atoms with Crippen molar-refractivity contribution in [1.29, 1.82) is 0 Å². The Labute approximate surface area is 129 Å². The Morgan fingerprint density at radius 3 is 2.71 bits per heavy atom. The van der Waals surface area contributed by atoms with Gasteiger partial charge in [-0.05, 0) is 32.0 Å². The largest absolute Gasteiger partial charge is 0.496 e. The molecule has 21 heavy (non-hydrogen) atoms. The molecule has 1 unspecified atom stereocenters. The van der Waals surface area contributed by atoms with Gasteiger partial charge in [0, 0.05) is 28.7 Å². The van der Waals surface area contributed by atoms with Crippen LogP contribution in [0, 0.1) is 12.7 Å². The van der Waals surface area contributed by atoms with Crippen LogP contribution in [-0.2, 0) is 6.54 Å². The Kier molecular flexibility index (Phi) is 5.21. The minimum absolute atomic E-state index is 0.0236. The Balaban J connectivity index is 2.15. The van der Waals surface area contributed by atoms with Crippen LogP contribution >= 0.6 is 11.6 Å². The van der Waals surface area contributed by atoms with E-state index < -0.39 is 0 Å². The number of aryl methyl sites for hydroxylation is 1. The fraction of sp³-hybridized carbons (Fsp3) is 0.294. The quantitative estimate of drug-likeness (QED) is 0.868. The predicted molar refractivity (Wildman–Crippen MR) is 84.4 cm³/mol. The molecule has 0 amide bonds. The first-order chi connectivity index (χ1) is 10.0. The Morgan fingerprint density at radius 1 is 1.29 bits per heavy atom. The van der Waals surface area contributed by atoms with Crippen LogP contribution in [0.1, 0.15) is 29.7 Å². The van der Waals surface area contributed by atoms with Crippen LogP contribution in [0.25, 0.3) is 0 Å². The number of hydrogen-bond acceptors (Lipinski definition) is 2. The summed E-state index contributed by atoms with van der Waals surface area (Å²) >= 11 is 6.04. The lowest BCUT2D eigenvalue weighted by atomic mass is 10.0. The Morgan fingerprint density at radius 2 is 2.05 bits per heavy atom. The molecule has 2 rings (SSSR count). The number of benzene rings is 2. The SMILES string of the molecule is COc1ccc(C)cc1C(C)NCc1c(F)cccc1Cl. The van der Waals surface area contributed by atoms with Crippen molar-refractivity contribution in [3.05, 3.63) is 63.9 Å². The van der Waals surface area contributed by atoms with Gasteiger partial charge in [0.1, 0.15) is 11.6 Å². The van der Waals surface area contributed by atoms with E-state index in [1.54, 1.807) is 19.2 Å². The van der Waals surface area contributed by atoms with Crippen molar-refractivity contribution in [2.24, 2.45) is 0 Å². The molecule has 0 heterocycles. The molecular weight excluding hydrogens is 289 g/mol. The summed E-state index contributed by atoms with van der Waals surface area (Å²) in [5, 5.41) is 3.73. The van der Waals surface area contributed by atoms with E-state index in [0.717, 1.165) is 16.9 Å². The van der Waals surface area contributed by atoms with Crippen molar-refractivity contribution >= 4 is 11.6 Å². The van der Waals surface area contributed by atoms with Crippen molar-refractivity contribution < 1.29 is 9.13 Å². The molecule has 0 aliphatic carbocycles. The zero-order valence-electron chi connectivity index (χ0n) is 12.4. The highest BCUT2D eigenvalue weighted by Crippen LogP contribution is 2.27. The third-order valence-corrected chi connectivity index (χ3v) is 3.85. The highest BCUT2D eigenvalue weighted by Gasteiger charge is 2.13. The van der Waals surface area contributed by atoms with E-state index in [-0.39, 0.29) is 11.9 Å². The van der Waals surface area contributed by atoms with Gasteiger partial charge < -0.3 is 10.1 Å². The lowest BCUT2D eigenvalue weighted by Crippen LogP contribution is -2.19. The molecule has 2 aromatic carbocycles. The van der Waals surface area contributed by atoms with Crippen LogP contribution < -0.4 is 10.1 Å². The predicted octanol–water partition coefficient (Wildman–Crippen LogP) is 4.65. The fourth-order valence-corrected chi connectivity index (χ4v) is 2.49. The fourth-order valence-electron chi connectivity index (χ4n) is 2.26. The van der Waals surface area contributed by atoms with Crippen molar-refractivity contribution in [1.82, 2.24) is 5.32 Å². The van der Waals surface area contributed by atoms with Crippen LogP contribution in [-0.4, -0.2) is 7.11 Å². The molecule has 112 valence electrons. The molecule has 4 heteroatoms. The van der Waals surface area contributed by atoms with E-state index in [2.05, 4.69) is 11.4 Å². The van der Waals surface area contributed by atoms with Crippen molar-refractivity contribution in [3.63, 3.8) is 0 Å². The maximum Gasteiger partial charge on any atom is 0.129 e. The summed E-state index contributed by atoms with van der Waals surface area (Å²) in [6, 6.07) is 10.8. The molecule has 0 radical (unpaired) electrons. The van der Waals surface area contributed by atoms with Crippen LogP contribution in [0.15, 0.2) is 36.4 Å². The molecule has 0 saturated heterocycles. The topological polar surface area (TPSA) is 21.3 Å². The highest BCUT2D eigenvalue weighted by molar-refractivity contribution is 6.31. The third-order valence-electron chi connectivity index (χ3n) is 3.50. The Bertz CT molecular complexity index is 610. The summed E-state index contributed by atoms with van der Waals surface area (Å²) in [5.41, 5.74) is 2.69. The van der Waals surface area contributed by atoms with Gasteiger partial charge in [-0.15, -0.1) is 0 Å². The summed E-state index contributed by atoms with van der Waals surface area (Å²) in [7, 11) is 1.65. The summed E-state index contributed by atoms with van der Waals surface area (Å²) in [6.45, 7) is 4.42. The average molecular weight is 308 g/mol. The standard InChI is InChI=1S/C17H19ClFNO/c1-11-7-8-17(21-3)13(9-11)12(2)20-10-14-15(18)5-4-6-16(14)19/h4-9,12,20H,10H2,1-3H3. The molecule has 0 spiro atoms. The van der Waals surface area contributed by atoms with Crippen molar-refractivity contribution in [2.45, 2.75) is 26.4 Å². The van der Waals surface area contributed by atoms with Gasteiger partial charge in [0.15, 0.2) is 0 Å². The van der Waals surface area contributed by atoms with Crippen LogP contribution in [0.2, 0.25) is 5.02 Å². The first kappa shape index (κ1) is 15.8. The molecule has 2 aromatic rings. The molecule has 0 aromatic heterocycles. The summed E-state index contributed by atoms with van der Waals surface area (Å²) < 4.78 is 19.1. The first-order valence-corrected chi connectivity index (χ1v) is 7.21. The smallest absolute Gasteiger partial charge is 0.129 e. The van der Waals surface area contributed by atoms with Crippen LogP contribution in [0.4, 0.5) is 4.39 Å². The van der Waals surface area contributed by atoms with Gasteiger partial charge in [-0.1, -0.05) is 35.4 Å². The summed E-state index contributed by atoms with van der Waals surface area (Å²) in [5.74, 6) is 0.527. The van der Waals surface area contributed by atoms with Gasteiger partial charge in [0.05, 0.1) is 7.11 Å². The second-order valence-corrected chi connectivity index (χ2v) is 5.46.